The summed E-state index contributed by atoms with van der Waals surface area (Å²) in [7, 11) is 0. The van der Waals surface area contributed by atoms with Gasteiger partial charge in [0, 0.05) is 43.9 Å². The van der Waals surface area contributed by atoms with E-state index in [9.17, 15) is 14.4 Å². The Morgan fingerprint density at radius 2 is 1.66 bits per heavy atom. The molecule has 2 aromatic rings. The third kappa shape index (κ3) is 3.90. The van der Waals surface area contributed by atoms with Crippen LogP contribution in [0.3, 0.4) is 0 Å². The molecule has 152 valence electrons. The molecule has 2 aliphatic heterocycles. The van der Waals surface area contributed by atoms with Gasteiger partial charge in [-0.25, -0.2) is 0 Å². The number of hydrogen-bond acceptors (Lipinski definition) is 4. The van der Waals surface area contributed by atoms with Crippen molar-refractivity contribution in [3.63, 3.8) is 0 Å². The number of benzene rings is 1. The van der Waals surface area contributed by atoms with Gasteiger partial charge in [-0.15, -0.1) is 0 Å². The first kappa shape index (κ1) is 19.2. The predicted octanol–water partition coefficient (Wildman–Crippen LogP) is 2.77. The highest BCUT2D eigenvalue weighted by atomic mass is 16.3. The van der Waals surface area contributed by atoms with Gasteiger partial charge < -0.3 is 19.5 Å². The summed E-state index contributed by atoms with van der Waals surface area (Å²) in [4.78, 5) is 40.9. The van der Waals surface area contributed by atoms with Crippen LogP contribution in [0.15, 0.2) is 28.7 Å². The van der Waals surface area contributed by atoms with Crippen LogP contribution < -0.4 is 5.32 Å². The number of carbonyl (C=O) groups excluding carboxylic acids is 3. The van der Waals surface area contributed by atoms with Crippen LogP contribution >= 0.6 is 0 Å². The second kappa shape index (κ2) is 7.73. The van der Waals surface area contributed by atoms with E-state index in [0.717, 1.165) is 29.9 Å². The fourth-order valence-electron chi connectivity index (χ4n) is 4.02. The number of nitrogens with zero attached hydrogens (tertiary/aromatic N) is 2. The van der Waals surface area contributed by atoms with E-state index < -0.39 is 0 Å². The molecule has 0 unspecified atom stereocenters. The minimum Gasteiger partial charge on any atom is -0.466 e. The highest BCUT2D eigenvalue weighted by Gasteiger charge is 2.27. The van der Waals surface area contributed by atoms with Crippen molar-refractivity contribution in [2.24, 2.45) is 0 Å². The quantitative estimate of drug-likeness (QED) is 0.848. The maximum absolute atomic E-state index is 13.0. The molecule has 1 fully saturated rings. The third-order valence-corrected chi connectivity index (χ3v) is 5.60. The van der Waals surface area contributed by atoms with Gasteiger partial charge >= 0.3 is 0 Å². The van der Waals surface area contributed by atoms with Crippen LogP contribution in [0.5, 0.6) is 0 Å². The monoisotopic (exact) mass is 395 g/mol. The van der Waals surface area contributed by atoms with Crippen molar-refractivity contribution < 1.29 is 18.8 Å². The Hall–Kier alpha value is -3.09. The average molecular weight is 395 g/mol. The molecule has 3 heterocycles. The van der Waals surface area contributed by atoms with E-state index in [1.54, 1.807) is 28.9 Å². The van der Waals surface area contributed by atoms with Gasteiger partial charge in [-0.2, -0.15) is 0 Å². The standard InChI is InChI=1S/C22H25N3O4/c1-14-12-18(15(2)29-14)22(28)25-10-8-24(9-11-25)21(27)17-6-7-19-16(13-17)4-3-5-20(26)23-19/h6-7,12-13H,3-5,8-11H2,1-2H3,(H,23,26). The van der Waals surface area contributed by atoms with Gasteiger partial charge in [0.25, 0.3) is 11.8 Å². The Labute approximate surface area is 169 Å². The third-order valence-electron chi connectivity index (χ3n) is 5.60. The van der Waals surface area contributed by atoms with Gasteiger partial charge in [-0.3, -0.25) is 14.4 Å². The number of rotatable bonds is 2. The van der Waals surface area contributed by atoms with Crippen LogP contribution in [0, 0.1) is 13.8 Å². The second-order valence-electron chi connectivity index (χ2n) is 7.68. The summed E-state index contributed by atoms with van der Waals surface area (Å²) < 4.78 is 5.47. The van der Waals surface area contributed by atoms with Crippen molar-refractivity contribution >= 4 is 23.4 Å². The highest BCUT2D eigenvalue weighted by Crippen LogP contribution is 2.24. The van der Waals surface area contributed by atoms with Crippen LogP contribution in [0.2, 0.25) is 0 Å². The number of furan rings is 1. The predicted molar refractivity (Wildman–Crippen MR) is 108 cm³/mol. The molecule has 0 saturated carbocycles. The number of amides is 3. The van der Waals surface area contributed by atoms with Crippen molar-refractivity contribution in [2.75, 3.05) is 31.5 Å². The molecule has 0 radical (unpaired) electrons. The summed E-state index contributed by atoms with van der Waals surface area (Å²) in [5.41, 5.74) is 3.02. The lowest BCUT2D eigenvalue weighted by atomic mass is 10.0. The molecule has 0 spiro atoms. The lowest BCUT2D eigenvalue weighted by molar-refractivity contribution is -0.116. The first-order valence-corrected chi connectivity index (χ1v) is 10.0. The number of aryl methyl sites for hydroxylation is 3. The molecule has 7 heteroatoms. The average Bonchev–Trinajstić information content (AvgIpc) is 2.94. The van der Waals surface area contributed by atoms with Crippen molar-refractivity contribution in [3.8, 4) is 0 Å². The molecule has 3 amide bonds. The van der Waals surface area contributed by atoms with Crippen LogP contribution in [0.4, 0.5) is 5.69 Å². The summed E-state index contributed by atoms with van der Waals surface area (Å²) in [6.07, 6.45) is 2.06. The number of fused-ring (bicyclic) bond motifs is 1. The van der Waals surface area contributed by atoms with E-state index in [1.165, 1.54) is 0 Å². The van der Waals surface area contributed by atoms with Gasteiger partial charge in [-0.05, 0) is 56.5 Å². The van der Waals surface area contributed by atoms with Crippen LogP contribution in [0.1, 0.15) is 50.6 Å². The molecule has 0 bridgehead atoms. The maximum atomic E-state index is 13.0. The zero-order chi connectivity index (χ0) is 20.5. The normalized spacial score (nSPS) is 16.8. The topological polar surface area (TPSA) is 82.9 Å². The summed E-state index contributed by atoms with van der Waals surface area (Å²) in [5, 5.41) is 2.89. The molecule has 1 aromatic heterocycles. The number of anilines is 1. The van der Waals surface area contributed by atoms with E-state index in [-0.39, 0.29) is 17.7 Å². The van der Waals surface area contributed by atoms with Gasteiger partial charge in [0.15, 0.2) is 0 Å². The van der Waals surface area contributed by atoms with E-state index in [0.29, 0.717) is 49.5 Å². The molecule has 7 nitrogen and oxygen atoms in total. The number of hydrogen-bond donors (Lipinski definition) is 1. The fourth-order valence-corrected chi connectivity index (χ4v) is 4.02. The summed E-state index contributed by atoms with van der Waals surface area (Å²) >= 11 is 0. The zero-order valence-corrected chi connectivity index (χ0v) is 16.8. The maximum Gasteiger partial charge on any atom is 0.257 e. The van der Waals surface area contributed by atoms with Crippen LogP contribution in [-0.2, 0) is 11.2 Å². The molecule has 1 N–H and O–H groups in total. The van der Waals surface area contributed by atoms with E-state index in [1.807, 2.05) is 19.1 Å². The molecule has 2 aliphatic rings. The smallest absolute Gasteiger partial charge is 0.257 e. The molecule has 4 rings (SSSR count). The van der Waals surface area contributed by atoms with Gasteiger partial charge in [0.2, 0.25) is 5.91 Å². The molecule has 0 atom stereocenters. The Kier molecular flexibility index (Phi) is 5.13. The summed E-state index contributed by atoms with van der Waals surface area (Å²) in [5.74, 6) is 1.28. The second-order valence-corrected chi connectivity index (χ2v) is 7.68. The largest absolute Gasteiger partial charge is 0.466 e. The van der Waals surface area contributed by atoms with Crippen molar-refractivity contribution in [2.45, 2.75) is 33.1 Å². The van der Waals surface area contributed by atoms with Crippen molar-refractivity contribution in [3.05, 3.63) is 52.5 Å². The molecule has 1 aromatic carbocycles. The highest BCUT2D eigenvalue weighted by molar-refractivity contribution is 5.98. The molecule has 1 saturated heterocycles. The molecular formula is C22H25N3O4. The first-order valence-electron chi connectivity index (χ1n) is 10.0. The van der Waals surface area contributed by atoms with Gasteiger partial charge in [-0.1, -0.05) is 0 Å². The van der Waals surface area contributed by atoms with Gasteiger partial charge in [0.05, 0.1) is 5.56 Å². The fraction of sp³-hybridized carbons (Fsp3) is 0.409. The molecular weight excluding hydrogens is 370 g/mol. The summed E-state index contributed by atoms with van der Waals surface area (Å²) in [6.45, 7) is 5.60. The Balaban J connectivity index is 1.42. The minimum absolute atomic E-state index is 0.0201. The number of nitrogens with one attached hydrogen (secondary N) is 1. The molecule has 0 aliphatic carbocycles. The van der Waals surface area contributed by atoms with Crippen LogP contribution in [-0.4, -0.2) is 53.7 Å². The van der Waals surface area contributed by atoms with Crippen molar-refractivity contribution in [1.29, 1.82) is 0 Å². The van der Waals surface area contributed by atoms with E-state index >= 15 is 0 Å². The van der Waals surface area contributed by atoms with Crippen molar-refractivity contribution in [1.82, 2.24) is 9.80 Å². The Morgan fingerprint density at radius 3 is 2.31 bits per heavy atom. The summed E-state index contributed by atoms with van der Waals surface area (Å²) in [6, 6.07) is 7.24. The zero-order valence-electron chi connectivity index (χ0n) is 16.8. The first-order chi connectivity index (χ1) is 13.9. The number of carbonyl (C=O) groups is 3. The number of piperazine rings is 1. The van der Waals surface area contributed by atoms with Gasteiger partial charge in [0.1, 0.15) is 11.5 Å². The lowest BCUT2D eigenvalue weighted by Crippen LogP contribution is -2.50. The lowest BCUT2D eigenvalue weighted by Gasteiger charge is -2.34. The van der Waals surface area contributed by atoms with E-state index in [2.05, 4.69) is 5.32 Å². The Morgan fingerprint density at radius 1 is 0.966 bits per heavy atom. The van der Waals surface area contributed by atoms with E-state index in [4.69, 9.17) is 4.42 Å². The molecule has 29 heavy (non-hydrogen) atoms. The SMILES string of the molecule is Cc1cc(C(=O)N2CCN(C(=O)c3ccc4c(c3)CCCC(=O)N4)CC2)c(C)o1. The minimum atomic E-state index is -0.0489. The Bertz CT molecular complexity index is 970. The van der Waals surface area contributed by atoms with Crippen LogP contribution in [0.25, 0.3) is 0 Å².